The second kappa shape index (κ2) is 10.1. The first-order valence-corrected chi connectivity index (χ1v) is 7.35. The van der Waals surface area contributed by atoms with Gasteiger partial charge in [0.15, 0.2) is 0 Å². The molecule has 2 N–H and O–H groups in total. The minimum Gasteiger partial charge on any atom is -0.395 e. The number of aliphatic hydroxyl groups excluding tert-OH is 2. The molecule has 0 aliphatic carbocycles. The van der Waals surface area contributed by atoms with Gasteiger partial charge in [0.1, 0.15) is 0 Å². The van der Waals surface area contributed by atoms with Crippen LogP contribution in [0.15, 0.2) is 42.5 Å². The lowest BCUT2D eigenvalue weighted by Crippen LogP contribution is -2.22. The molecular formula is C15H21BrO3. The molecule has 1 aromatic carbocycles. The average molecular weight is 329 g/mol. The predicted octanol–water partition coefficient (Wildman–Crippen LogP) is 2.66. The molecule has 0 saturated carbocycles. The fraction of sp³-hybridized carbons (Fsp3) is 0.467. The van der Waals surface area contributed by atoms with E-state index in [1.807, 2.05) is 42.5 Å². The Bertz CT molecular complexity index is 354. The van der Waals surface area contributed by atoms with Gasteiger partial charge in [0.25, 0.3) is 0 Å². The molecule has 2 atom stereocenters. The second-order valence-corrected chi connectivity index (χ2v) is 5.48. The van der Waals surface area contributed by atoms with Crippen molar-refractivity contribution in [1.82, 2.24) is 0 Å². The number of ether oxygens (including phenoxy) is 1. The maximum atomic E-state index is 9.58. The molecule has 19 heavy (non-hydrogen) atoms. The summed E-state index contributed by atoms with van der Waals surface area (Å²) >= 11 is 3.20. The Morgan fingerprint density at radius 2 is 1.95 bits per heavy atom. The van der Waals surface area contributed by atoms with Crippen LogP contribution in [0.3, 0.4) is 0 Å². The zero-order valence-electron chi connectivity index (χ0n) is 10.9. The first-order chi connectivity index (χ1) is 9.24. The number of alkyl halides is 1. The van der Waals surface area contributed by atoms with Crippen molar-refractivity contribution in [2.24, 2.45) is 0 Å². The highest BCUT2D eigenvalue weighted by atomic mass is 79.9. The molecule has 1 unspecified atom stereocenters. The summed E-state index contributed by atoms with van der Waals surface area (Å²) in [5.41, 5.74) is 1.17. The molecule has 0 spiro atoms. The van der Waals surface area contributed by atoms with Gasteiger partial charge < -0.3 is 14.9 Å². The van der Waals surface area contributed by atoms with Gasteiger partial charge in [-0.2, -0.15) is 0 Å². The lowest BCUT2D eigenvalue weighted by molar-refractivity contribution is 0.125. The van der Waals surface area contributed by atoms with Gasteiger partial charge in [-0.05, 0) is 18.4 Å². The summed E-state index contributed by atoms with van der Waals surface area (Å²) in [6.07, 6.45) is 4.72. The molecule has 0 heterocycles. The van der Waals surface area contributed by atoms with Gasteiger partial charge in [-0.1, -0.05) is 58.4 Å². The van der Waals surface area contributed by atoms with Crippen LogP contribution in [0.25, 0.3) is 0 Å². The SMILES string of the molecule is OCC(Br)[C@H](O)C/C=C/CCOCc1ccccc1. The molecule has 0 aliphatic rings. The normalized spacial score (nSPS) is 14.7. The summed E-state index contributed by atoms with van der Waals surface area (Å²) in [5.74, 6) is 0. The third kappa shape index (κ3) is 7.47. The second-order valence-electron chi connectivity index (χ2n) is 4.30. The zero-order chi connectivity index (χ0) is 13.9. The first kappa shape index (κ1) is 16.4. The number of rotatable bonds is 9. The average Bonchev–Trinajstić information content (AvgIpc) is 2.46. The maximum absolute atomic E-state index is 9.58. The summed E-state index contributed by atoms with van der Waals surface area (Å²) in [4.78, 5) is -0.258. The van der Waals surface area contributed by atoms with E-state index in [4.69, 9.17) is 9.84 Å². The monoisotopic (exact) mass is 328 g/mol. The minimum atomic E-state index is -0.550. The summed E-state index contributed by atoms with van der Waals surface area (Å²) in [6, 6.07) is 10.1. The van der Waals surface area contributed by atoms with Crippen LogP contribution in [0.4, 0.5) is 0 Å². The lowest BCUT2D eigenvalue weighted by atomic mass is 10.2. The van der Waals surface area contributed by atoms with Crippen molar-refractivity contribution < 1.29 is 14.9 Å². The van der Waals surface area contributed by atoms with Crippen molar-refractivity contribution in [2.45, 2.75) is 30.4 Å². The van der Waals surface area contributed by atoms with E-state index in [1.54, 1.807) is 0 Å². The van der Waals surface area contributed by atoms with E-state index in [2.05, 4.69) is 15.9 Å². The van der Waals surface area contributed by atoms with Gasteiger partial charge in [-0.25, -0.2) is 0 Å². The van der Waals surface area contributed by atoms with Crippen LogP contribution < -0.4 is 0 Å². The molecule has 1 rings (SSSR count). The van der Waals surface area contributed by atoms with Gasteiger partial charge in [-0.3, -0.25) is 0 Å². The molecular weight excluding hydrogens is 308 g/mol. The highest BCUT2D eigenvalue weighted by molar-refractivity contribution is 9.09. The van der Waals surface area contributed by atoms with Gasteiger partial charge >= 0.3 is 0 Å². The van der Waals surface area contributed by atoms with E-state index in [9.17, 15) is 5.11 Å². The Morgan fingerprint density at radius 1 is 1.21 bits per heavy atom. The van der Waals surface area contributed by atoms with E-state index in [0.29, 0.717) is 19.6 Å². The third-order valence-corrected chi connectivity index (χ3v) is 3.58. The number of hydrogen-bond acceptors (Lipinski definition) is 3. The Balaban J connectivity index is 2.04. The lowest BCUT2D eigenvalue weighted by Gasteiger charge is -2.12. The van der Waals surface area contributed by atoms with Crippen LogP contribution in [-0.2, 0) is 11.3 Å². The smallest absolute Gasteiger partial charge is 0.0721 e. The number of halogens is 1. The molecule has 0 radical (unpaired) electrons. The molecule has 0 fully saturated rings. The molecule has 0 amide bonds. The summed E-state index contributed by atoms with van der Waals surface area (Å²) in [6.45, 7) is 1.24. The Kier molecular flexibility index (Phi) is 8.75. The summed E-state index contributed by atoms with van der Waals surface area (Å²) in [7, 11) is 0. The highest BCUT2D eigenvalue weighted by Gasteiger charge is 2.12. The third-order valence-electron chi connectivity index (χ3n) is 2.68. The molecule has 1 aromatic rings. The van der Waals surface area contributed by atoms with Gasteiger partial charge in [0.05, 0.1) is 30.8 Å². The summed E-state index contributed by atoms with van der Waals surface area (Å²) in [5, 5.41) is 18.4. The van der Waals surface area contributed by atoms with Crippen molar-refractivity contribution in [3.63, 3.8) is 0 Å². The van der Waals surface area contributed by atoms with Gasteiger partial charge in [0, 0.05) is 0 Å². The molecule has 0 saturated heterocycles. The predicted molar refractivity (Wildman–Crippen MR) is 80.3 cm³/mol. The standard InChI is InChI=1S/C15H21BrO3/c16-14(11-17)15(18)9-5-2-6-10-19-12-13-7-3-1-4-8-13/h1-5,7-8,14-15,17-18H,6,9-12H2/b5-2+/t14?,15-/m1/s1. The molecule has 0 bridgehead atoms. The van der Waals surface area contributed by atoms with E-state index < -0.39 is 6.10 Å². The molecule has 0 aliphatic heterocycles. The van der Waals surface area contributed by atoms with Crippen LogP contribution in [0.2, 0.25) is 0 Å². The fourth-order valence-electron chi connectivity index (χ4n) is 1.54. The Morgan fingerprint density at radius 3 is 2.63 bits per heavy atom. The van der Waals surface area contributed by atoms with Crippen LogP contribution in [-0.4, -0.2) is 34.4 Å². The highest BCUT2D eigenvalue weighted by Crippen LogP contribution is 2.09. The number of aliphatic hydroxyl groups is 2. The van der Waals surface area contributed by atoms with Crippen LogP contribution in [0, 0.1) is 0 Å². The van der Waals surface area contributed by atoms with Gasteiger partial charge in [-0.15, -0.1) is 0 Å². The first-order valence-electron chi connectivity index (χ1n) is 6.43. The van der Waals surface area contributed by atoms with Crippen molar-refractivity contribution in [1.29, 1.82) is 0 Å². The zero-order valence-corrected chi connectivity index (χ0v) is 12.5. The van der Waals surface area contributed by atoms with Crippen molar-refractivity contribution in [2.75, 3.05) is 13.2 Å². The Labute approximate surface area is 123 Å². The molecule has 106 valence electrons. The fourth-order valence-corrected chi connectivity index (χ4v) is 1.75. The van der Waals surface area contributed by atoms with Crippen LogP contribution >= 0.6 is 15.9 Å². The molecule has 3 nitrogen and oxygen atoms in total. The van der Waals surface area contributed by atoms with Crippen molar-refractivity contribution >= 4 is 15.9 Å². The van der Waals surface area contributed by atoms with Crippen LogP contribution in [0.5, 0.6) is 0 Å². The van der Waals surface area contributed by atoms with E-state index >= 15 is 0 Å². The minimum absolute atomic E-state index is 0.0603. The maximum Gasteiger partial charge on any atom is 0.0721 e. The number of benzene rings is 1. The largest absolute Gasteiger partial charge is 0.395 e. The van der Waals surface area contributed by atoms with Crippen molar-refractivity contribution in [3.8, 4) is 0 Å². The van der Waals surface area contributed by atoms with Crippen LogP contribution in [0.1, 0.15) is 18.4 Å². The van der Waals surface area contributed by atoms with E-state index in [1.165, 1.54) is 5.56 Å². The Hall–Kier alpha value is -0.680. The van der Waals surface area contributed by atoms with Gasteiger partial charge in [0.2, 0.25) is 0 Å². The van der Waals surface area contributed by atoms with E-state index in [0.717, 1.165) is 6.42 Å². The molecule has 4 heteroatoms. The molecule has 0 aromatic heterocycles. The quantitative estimate of drug-likeness (QED) is 0.416. The summed E-state index contributed by atoms with van der Waals surface area (Å²) < 4.78 is 5.53. The van der Waals surface area contributed by atoms with E-state index in [-0.39, 0.29) is 11.4 Å². The van der Waals surface area contributed by atoms with Crippen molar-refractivity contribution in [3.05, 3.63) is 48.0 Å². The topological polar surface area (TPSA) is 49.7 Å². The number of hydrogen-bond donors (Lipinski definition) is 2.